The van der Waals surface area contributed by atoms with Crippen molar-refractivity contribution in [1.29, 1.82) is 0 Å². The highest BCUT2D eigenvalue weighted by Crippen LogP contribution is 2.24. The Morgan fingerprint density at radius 2 is 1.58 bits per heavy atom. The molecule has 1 aromatic heterocycles. The highest BCUT2D eigenvalue weighted by Gasteiger charge is 2.12. The normalized spacial score (nSPS) is 11.8. The lowest BCUT2D eigenvalue weighted by Gasteiger charge is -2.09. The maximum Gasteiger partial charge on any atom is 0.320 e. The molecule has 1 atom stereocenters. The smallest absolute Gasteiger partial charge is 0.320 e. The van der Waals surface area contributed by atoms with E-state index < -0.39 is 12.0 Å². The Balaban J connectivity index is 1.30. The lowest BCUT2D eigenvalue weighted by Crippen LogP contribution is -2.32. The first-order valence-corrected chi connectivity index (χ1v) is 10.8. The number of fused-ring (bicyclic) bond motifs is 1. The largest absolute Gasteiger partial charge is 0.480 e. The Hall–Kier alpha value is -4.03. The number of carboxylic acid groups (broad SMARTS) is 1. The fourth-order valence-corrected chi connectivity index (χ4v) is 3.68. The van der Waals surface area contributed by atoms with Crippen LogP contribution in [0.25, 0.3) is 21.9 Å². The van der Waals surface area contributed by atoms with Gasteiger partial charge in [0.1, 0.15) is 6.04 Å². The number of aromatic nitrogens is 1. The monoisotopic (exact) mass is 439 g/mol. The summed E-state index contributed by atoms with van der Waals surface area (Å²) >= 11 is 0. The number of hydrogen-bond acceptors (Lipinski definition) is 4. The summed E-state index contributed by atoms with van der Waals surface area (Å²) in [6.45, 7) is 0.519. The first-order chi connectivity index (χ1) is 16.0. The van der Waals surface area contributed by atoms with E-state index in [1.165, 1.54) is 5.39 Å². The van der Waals surface area contributed by atoms with Gasteiger partial charge < -0.3 is 16.2 Å². The Kier molecular flexibility index (Phi) is 6.76. The van der Waals surface area contributed by atoms with Crippen LogP contribution in [0.5, 0.6) is 0 Å². The van der Waals surface area contributed by atoms with Crippen LogP contribution in [0, 0.1) is 0 Å². The van der Waals surface area contributed by atoms with Gasteiger partial charge in [0.05, 0.1) is 0 Å². The molecule has 4 aromatic rings. The molecule has 1 amide bonds. The third-order valence-corrected chi connectivity index (χ3v) is 5.62. The first kappa shape index (κ1) is 22.2. The molecule has 0 aliphatic rings. The van der Waals surface area contributed by atoms with Crippen molar-refractivity contribution >= 4 is 22.6 Å². The van der Waals surface area contributed by atoms with E-state index in [4.69, 9.17) is 10.8 Å². The zero-order valence-electron chi connectivity index (χ0n) is 18.1. The highest BCUT2D eigenvalue weighted by molar-refractivity contribution is 5.94. The van der Waals surface area contributed by atoms with E-state index >= 15 is 0 Å². The SMILES string of the molecule is NC(Cc1ccc(C(=O)NCCc2ccc(-c3ccc4ccncc4c3)cc2)cc1)C(=O)O. The second-order valence-electron chi connectivity index (χ2n) is 7.99. The van der Waals surface area contributed by atoms with Crippen molar-refractivity contribution in [3.63, 3.8) is 0 Å². The molecule has 166 valence electrons. The predicted octanol–water partition coefficient (Wildman–Crippen LogP) is 3.83. The highest BCUT2D eigenvalue weighted by atomic mass is 16.4. The number of benzene rings is 3. The average molecular weight is 440 g/mol. The molecular formula is C27H25N3O3. The van der Waals surface area contributed by atoms with Gasteiger partial charge in [-0.15, -0.1) is 0 Å². The number of nitrogens with one attached hydrogen (secondary N) is 1. The molecular weight excluding hydrogens is 414 g/mol. The van der Waals surface area contributed by atoms with Crippen molar-refractivity contribution in [2.75, 3.05) is 6.54 Å². The molecule has 0 aliphatic heterocycles. The fraction of sp³-hybridized carbons (Fsp3) is 0.148. The van der Waals surface area contributed by atoms with Crippen LogP contribution in [0.15, 0.2) is 85.2 Å². The molecule has 0 bridgehead atoms. The van der Waals surface area contributed by atoms with Gasteiger partial charge in [-0.3, -0.25) is 14.6 Å². The van der Waals surface area contributed by atoms with Gasteiger partial charge in [-0.05, 0) is 64.7 Å². The first-order valence-electron chi connectivity index (χ1n) is 10.8. The van der Waals surface area contributed by atoms with Crippen molar-refractivity contribution in [2.24, 2.45) is 5.73 Å². The molecule has 0 spiro atoms. The summed E-state index contributed by atoms with van der Waals surface area (Å²) in [5.74, 6) is -1.20. The molecule has 4 rings (SSSR count). The number of nitrogens with two attached hydrogens (primary N) is 1. The number of rotatable bonds is 8. The lowest BCUT2D eigenvalue weighted by atomic mass is 10.0. The third-order valence-electron chi connectivity index (χ3n) is 5.62. The van der Waals surface area contributed by atoms with Crippen molar-refractivity contribution < 1.29 is 14.7 Å². The molecule has 1 unspecified atom stereocenters. The molecule has 0 aliphatic carbocycles. The van der Waals surface area contributed by atoms with Crippen LogP contribution in [0.1, 0.15) is 21.5 Å². The van der Waals surface area contributed by atoms with Crippen LogP contribution in [-0.4, -0.2) is 34.6 Å². The molecule has 4 N–H and O–H groups in total. The molecule has 1 heterocycles. The van der Waals surface area contributed by atoms with E-state index in [0.717, 1.165) is 34.1 Å². The van der Waals surface area contributed by atoms with Gasteiger partial charge in [0.25, 0.3) is 5.91 Å². The molecule has 0 fully saturated rings. The summed E-state index contributed by atoms with van der Waals surface area (Å²) < 4.78 is 0. The van der Waals surface area contributed by atoms with Crippen LogP contribution in [0.2, 0.25) is 0 Å². The zero-order valence-corrected chi connectivity index (χ0v) is 18.1. The van der Waals surface area contributed by atoms with Crippen LogP contribution in [-0.2, 0) is 17.6 Å². The maximum absolute atomic E-state index is 12.4. The number of nitrogens with zero attached hydrogens (tertiary/aromatic N) is 1. The maximum atomic E-state index is 12.4. The van der Waals surface area contributed by atoms with Crippen molar-refractivity contribution in [3.05, 3.63) is 102 Å². The van der Waals surface area contributed by atoms with E-state index in [2.05, 4.69) is 52.8 Å². The third kappa shape index (κ3) is 5.61. The Morgan fingerprint density at radius 1 is 0.879 bits per heavy atom. The van der Waals surface area contributed by atoms with Gasteiger partial charge in [0.2, 0.25) is 0 Å². The molecule has 3 aromatic carbocycles. The quantitative estimate of drug-likeness (QED) is 0.387. The number of carbonyl (C=O) groups excluding carboxylic acids is 1. The van der Waals surface area contributed by atoms with Crippen molar-refractivity contribution in [1.82, 2.24) is 10.3 Å². The number of aliphatic carboxylic acids is 1. The lowest BCUT2D eigenvalue weighted by molar-refractivity contribution is -0.138. The van der Waals surface area contributed by atoms with E-state index in [9.17, 15) is 9.59 Å². The minimum atomic E-state index is -1.04. The number of amides is 1. The van der Waals surface area contributed by atoms with Crippen LogP contribution < -0.4 is 11.1 Å². The minimum Gasteiger partial charge on any atom is -0.480 e. The van der Waals surface area contributed by atoms with E-state index in [0.29, 0.717) is 12.1 Å². The van der Waals surface area contributed by atoms with Gasteiger partial charge in [-0.25, -0.2) is 0 Å². The van der Waals surface area contributed by atoms with Gasteiger partial charge in [-0.2, -0.15) is 0 Å². The van der Waals surface area contributed by atoms with Crippen LogP contribution >= 0.6 is 0 Å². The summed E-state index contributed by atoms with van der Waals surface area (Å²) in [4.78, 5) is 27.4. The summed E-state index contributed by atoms with van der Waals surface area (Å²) in [5.41, 5.74) is 10.3. The van der Waals surface area contributed by atoms with E-state index in [1.54, 1.807) is 30.5 Å². The Morgan fingerprint density at radius 3 is 2.30 bits per heavy atom. The van der Waals surface area contributed by atoms with Crippen molar-refractivity contribution in [2.45, 2.75) is 18.9 Å². The predicted molar refractivity (Wildman–Crippen MR) is 129 cm³/mol. The van der Waals surface area contributed by atoms with E-state index in [1.807, 2.05) is 12.3 Å². The molecule has 6 nitrogen and oxygen atoms in total. The van der Waals surface area contributed by atoms with Crippen molar-refractivity contribution in [3.8, 4) is 11.1 Å². The number of carboxylic acids is 1. The second kappa shape index (κ2) is 10.1. The summed E-state index contributed by atoms with van der Waals surface area (Å²) in [5, 5.41) is 14.1. The zero-order chi connectivity index (χ0) is 23.2. The van der Waals surface area contributed by atoms with Gasteiger partial charge >= 0.3 is 5.97 Å². The number of pyridine rings is 1. The van der Waals surface area contributed by atoms with E-state index in [-0.39, 0.29) is 12.3 Å². The van der Waals surface area contributed by atoms with Gasteiger partial charge in [0.15, 0.2) is 0 Å². The summed E-state index contributed by atoms with van der Waals surface area (Å²) in [6, 6.07) is 22.6. The minimum absolute atomic E-state index is 0.162. The Labute approximate surface area is 192 Å². The molecule has 0 saturated heterocycles. The van der Waals surface area contributed by atoms with Gasteiger partial charge in [0, 0.05) is 29.9 Å². The molecule has 6 heteroatoms. The van der Waals surface area contributed by atoms with Crippen LogP contribution in [0.4, 0.5) is 0 Å². The second-order valence-corrected chi connectivity index (χ2v) is 7.99. The Bertz CT molecular complexity index is 1270. The van der Waals surface area contributed by atoms with Gasteiger partial charge in [-0.1, -0.05) is 48.5 Å². The molecule has 0 radical (unpaired) electrons. The topological polar surface area (TPSA) is 105 Å². The molecule has 33 heavy (non-hydrogen) atoms. The fourth-order valence-electron chi connectivity index (χ4n) is 3.68. The average Bonchev–Trinajstić information content (AvgIpc) is 2.84. The molecule has 0 saturated carbocycles. The summed E-state index contributed by atoms with van der Waals surface area (Å²) in [6.07, 6.45) is 4.61. The number of hydrogen-bond donors (Lipinski definition) is 3. The number of carbonyl (C=O) groups is 2. The summed E-state index contributed by atoms with van der Waals surface area (Å²) in [7, 11) is 0. The van der Waals surface area contributed by atoms with Crippen LogP contribution in [0.3, 0.4) is 0 Å². The standard InChI is InChI=1S/C27H25N3O3/c28-25(27(32)33)15-19-3-7-22(8-4-19)26(31)30-14-11-18-1-5-20(6-2-18)23-10-9-21-12-13-29-17-24(21)16-23/h1-10,12-13,16-17,25H,11,14-15,28H2,(H,30,31)(H,32,33).